The summed E-state index contributed by atoms with van der Waals surface area (Å²) < 4.78 is 18.8. The van der Waals surface area contributed by atoms with E-state index in [-0.39, 0.29) is 12.1 Å². The van der Waals surface area contributed by atoms with Crippen LogP contribution in [0.5, 0.6) is 0 Å². The predicted molar refractivity (Wildman–Crippen MR) is 94.2 cm³/mol. The van der Waals surface area contributed by atoms with Gasteiger partial charge in [0.2, 0.25) is 0 Å². The number of nitrogens with one attached hydrogen (secondary N) is 1. The second-order valence-electron chi connectivity index (χ2n) is 7.88. The van der Waals surface area contributed by atoms with E-state index in [0.717, 1.165) is 19.0 Å². The minimum Gasteiger partial charge on any atom is -0.444 e. The lowest BCUT2D eigenvalue weighted by molar-refractivity contribution is 0.0173. The highest BCUT2D eigenvalue weighted by molar-refractivity contribution is 5.91. The topological polar surface area (TPSA) is 74.8 Å². The van der Waals surface area contributed by atoms with Gasteiger partial charge in [-0.3, -0.25) is 5.32 Å². The first kappa shape index (κ1) is 18.4. The zero-order chi connectivity index (χ0) is 18.9. The van der Waals surface area contributed by atoms with Crippen molar-refractivity contribution in [1.29, 1.82) is 0 Å². The van der Waals surface area contributed by atoms with E-state index < -0.39 is 11.4 Å². The summed E-state index contributed by atoms with van der Waals surface area (Å²) in [4.78, 5) is 31.7. The van der Waals surface area contributed by atoms with Gasteiger partial charge in [-0.2, -0.15) is 0 Å². The number of hydrogen-bond donors (Lipinski definition) is 1. The first-order valence-electron chi connectivity index (χ1n) is 8.89. The number of halogens is 1. The SMILES string of the molecule is CC(C)(C)OC(=O)N1CCC(CN2Cc3cc(F)cnc3NC2=O)CC1. The second kappa shape index (κ2) is 7.09. The number of rotatable bonds is 2. The standard InChI is InChI=1S/C18H25FN4O3/c1-18(2,3)26-17(25)22-6-4-12(5-7-22)10-23-11-13-8-14(19)9-20-15(13)21-16(23)24/h8-9,12H,4-7,10-11H2,1-3H3,(H,20,21,24). The maximum absolute atomic E-state index is 13.4. The molecule has 2 aliphatic rings. The van der Waals surface area contributed by atoms with Crippen molar-refractivity contribution >= 4 is 17.9 Å². The molecule has 1 saturated heterocycles. The fraction of sp³-hybridized carbons (Fsp3) is 0.611. The normalized spacial score (nSPS) is 18.4. The number of urea groups is 1. The highest BCUT2D eigenvalue weighted by Crippen LogP contribution is 2.25. The average Bonchev–Trinajstić information content (AvgIpc) is 2.55. The molecule has 1 N–H and O–H groups in total. The number of hydrogen-bond acceptors (Lipinski definition) is 4. The molecule has 0 saturated carbocycles. The van der Waals surface area contributed by atoms with Gasteiger partial charge in [0.1, 0.15) is 17.2 Å². The van der Waals surface area contributed by atoms with Gasteiger partial charge < -0.3 is 14.5 Å². The summed E-state index contributed by atoms with van der Waals surface area (Å²) in [6, 6.07) is 1.19. The third-order valence-corrected chi connectivity index (χ3v) is 4.55. The van der Waals surface area contributed by atoms with E-state index in [9.17, 15) is 14.0 Å². The molecule has 142 valence electrons. The molecule has 0 radical (unpaired) electrons. The van der Waals surface area contributed by atoms with Crippen LogP contribution in [0.25, 0.3) is 0 Å². The fourth-order valence-corrected chi connectivity index (χ4v) is 3.26. The Hall–Kier alpha value is -2.38. The quantitative estimate of drug-likeness (QED) is 0.874. The summed E-state index contributed by atoms with van der Waals surface area (Å²) in [5.74, 6) is 0.306. The number of carbonyl (C=O) groups is 2. The molecule has 8 heteroatoms. The number of carbonyl (C=O) groups excluding carboxylic acids is 2. The molecule has 2 aliphatic heterocycles. The van der Waals surface area contributed by atoms with Crippen LogP contribution in [0.15, 0.2) is 12.3 Å². The van der Waals surface area contributed by atoms with Gasteiger partial charge in [0.05, 0.1) is 12.7 Å². The number of anilines is 1. The Morgan fingerprint density at radius 3 is 2.73 bits per heavy atom. The molecule has 26 heavy (non-hydrogen) atoms. The Bertz CT molecular complexity index is 696. The van der Waals surface area contributed by atoms with Crippen LogP contribution in [0.1, 0.15) is 39.2 Å². The van der Waals surface area contributed by atoms with Gasteiger partial charge in [0.25, 0.3) is 0 Å². The van der Waals surface area contributed by atoms with E-state index in [1.54, 1.807) is 9.80 Å². The van der Waals surface area contributed by atoms with Crippen molar-refractivity contribution < 1.29 is 18.7 Å². The minimum absolute atomic E-state index is 0.216. The summed E-state index contributed by atoms with van der Waals surface area (Å²) in [7, 11) is 0. The van der Waals surface area contributed by atoms with Crippen LogP contribution in [-0.4, -0.2) is 52.1 Å². The Morgan fingerprint density at radius 2 is 2.08 bits per heavy atom. The van der Waals surface area contributed by atoms with Crippen molar-refractivity contribution in [2.24, 2.45) is 5.92 Å². The van der Waals surface area contributed by atoms with Crippen molar-refractivity contribution in [2.75, 3.05) is 25.0 Å². The number of piperidine rings is 1. The van der Waals surface area contributed by atoms with Crippen LogP contribution >= 0.6 is 0 Å². The molecule has 0 atom stereocenters. The molecule has 0 aliphatic carbocycles. The van der Waals surface area contributed by atoms with Crippen molar-refractivity contribution in [1.82, 2.24) is 14.8 Å². The Balaban J connectivity index is 1.53. The Morgan fingerprint density at radius 1 is 1.38 bits per heavy atom. The Kier molecular flexibility index (Phi) is 5.02. The summed E-state index contributed by atoms with van der Waals surface area (Å²) >= 11 is 0. The smallest absolute Gasteiger partial charge is 0.410 e. The fourth-order valence-electron chi connectivity index (χ4n) is 3.26. The van der Waals surface area contributed by atoms with Crippen LogP contribution in [0.2, 0.25) is 0 Å². The number of nitrogens with zero attached hydrogens (tertiary/aromatic N) is 3. The van der Waals surface area contributed by atoms with Crippen molar-refractivity contribution in [3.05, 3.63) is 23.6 Å². The molecule has 7 nitrogen and oxygen atoms in total. The molecule has 1 fully saturated rings. The zero-order valence-electron chi connectivity index (χ0n) is 15.4. The monoisotopic (exact) mass is 364 g/mol. The maximum Gasteiger partial charge on any atom is 0.410 e. The molecule has 0 unspecified atom stereocenters. The molecular formula is C18H25FN4O3. The molecule has 1 aromatic rings. The number of aromatic nitrogens is 1. The highest BCUT2D eigenvalue weighted by Gasteiger charge is 2.30. The summed E-state index contributed by atoms with van der Waals surface area (Å²) in [6.45, 7) is 7.69. The maximum atomic E-state index is 13.4. The third kappa shape index (κ3) is 4.42. The summed E-state index contributed by atoms with van der Waals surface area (Å²) in [5, 5.41) is 2.70. The summed E-state index contributed by atoms with van der Waals surface area (Å²) in [6.07, 6.45) is 2.41. The van der Waals surface area contributed by atoms with Gasteiger partial charge in [0, 0.05) is 25.2 Å². The van der Waals surface area contributed by atoms with Gasteiger partial charge >= 0.3 is 12.1 Å². The van der Waals surface area contributed by atoms with Crippen molar-refractivity contribution in [2.45, 2.75) is 45.8 Å². The lowest BCUT2D eigenvalue weighted by Crippen LogP contribution is -2.46. The van der Waals surface area contributed by atoms with Gasteiger partial charge in [0.15, 0.2) is 0 Å². The van der Waals surface area contributed by atoms with Crippen LogP contribution in [0.3, 0.4) is 0 Å². The molecule has 0 aromatic carbocycles. The number of fused-ring (bicyclic) bond motifs is 1. The van der Waals surface area contributed by atoms with E-state index in [1.807, 2.05) is 20.8 Å². The van der Waals surface area contributed by atoms with Gasteiger partial charge in [-0.25, -0.2) is 19.0 Å². The second-order valence-corrected chi connectivity index (χ2v) is 7.88. The van der Waals surface area contributed by atoms with Crippen LogP contribution in [-0.2, 0) is 11.3 Å². The van der Waals surface area contributed by atoms with Crippen molar-refractivity contribution in [3.63, 3.8) is 0 Å². The van der Waals surface area contributed by atoms with Crippen molar-refractivity contribution in [3.8, 4) is 0 Å². The summed E-state index contributed by atoms with van der Waals surface area (Å²) in [5.41, 5.74) is 0.173. The number of amides is 3. The molecule has 0 bridgehead atoms. The number of pyridine rings is 1. The van der Waals surface area contributed by atoms with Gasteiger partial charge in [-0.1, -0.05) is 0 Å². The minimum atomic E-state index is -0.503. The van der Waals surface area contributed by atoms with Gasteiger partial charge in [-0.15, -0.1) is 0 Å². The lowest BCUT2D eigenvalue weighted by atomic mass is 9.96. The molecular weight excluding hydrogens is 339 g/mol. The largest absolute Gasteiger partial charge is 0.444 e. The predicted octanol–water partition coefficient (Wildman–Crippen LogP) is 3.22. The van der Waals surface area contributed by atoms with E-state index in [4.69, 9.17) is 4.74 Å². The van der Waals surface area contributed by atoms with Crippen LogP contribution in [0.4, 0.5) is 19.8 Å². The van der Waals surface area contributed by atoms with Gasteiger partial charge in [-0.05, 0) is 45.6 Å². The first-order chi connectivity index (χ1) is 12.2. The Labute approximate surface area is 152 Å². The molecule has 0 spiro atoms. The van der Waals surface area contributed by atoms with E-state index in [0.29, 0.717) is 43.5 Å². The molecule has 3 heterocycles. The first-order valence-corrected chi connectivity index (χ1v) is 8.89. The molecule has 3 amide bonds. The van der Waals surface area contributed by atoms with E-state index in [2.05, 4.69) is 10.3 Å². The number of likely N-dealkylation sites (tertiary alicyclic amines) is 1. The lowest BCUT2D eigenvalue weighted by Gasteiger charge is -2.36. The van der Waals surface area contributed by atoms with Crippen LogP contribution < -0.4 is 5.32 Å². The highest BCUT2D eigenvalue weighted by atomic mass is 19.1. The average molecular weight is 364 g/mol. The van der Waals surface area contributed by atoms with E-state index >= 15 is 0 Å². The molecule has 1 aromatic heterocycles. The van der Waals surface area contributed by atoms with Crippen LogP contribution in [0, 0.1) is 11.7 Å². The third-order valence-electron chi connectivity index (χ3n) is 4.55. The zero-order valence-corrected chi connectivity index (χ0v) is 15.4. The van der Waals surface area contributed by atoms with E-state index in [1.165, 1.54) is 6.07 Å². The molecule has 3 rings (SSSR count). The number of ether oxygens (including phenoxy) is 1.